The summed E-state index contributed by atoms with van der Waals surface area (Å²) in [6.45, 7) is 7.49. The molecule has 0 amide bonds. The van der Waals surface area contributed by atoms with Gasteiger partial charge in [0.25, 0.3) is 0 Å². The number of alkyl halides is 2. The lowest BCUT2D eigenvalue weighted by Gasteiger charge is -2.23. The van der Waals surface area contributed by atoms with Crippen LogP contribution in [-0.4, -0.2) is 47.9 Å². The molecule has 0 rings (SSSR count). The third-order valence-corrected chi connectivity index (χ3v) is 1.95. The molecule has 2 unspecified atom stereocenters. The second kappa shape index (κ2) is 8.20. The van der Waals surface area contributed by atoms with Crippen LogP contribution >= 0.6 is 23.2 Å². The first-order valence-electron chi connectivity index (χ1n) is 5.11. The monoisotopic (exact) mass is 255 g/mol. The van der Waals surface area contributed by atoms with E-state index in [0.29, 0.717) is 19.7 Å². The van der Waals surface area contributed by atoms with Crippen LogP contribution in [0.4, 0.5) is 0 Å². The lowest BCUT2D eigenvalue weighted by atomic mass is 10.3. The van der Waals surface area contributed by atoms with Gasteiger partial charge in [0.2, 0.25) is 0 Å². The number of carbonyl (C=O) groups is 1. The molecule has 0 heterocycles. The predicted molar refractivity (Wildman–Crippen MR) is 63.7 cm³/mol. The second-order valence-corrected chi connectivity index (χ2v) is 5.05. The maximum absolute atomic E-state index is 11.3. The maximum atomic E-state index is 11.3. The Morgan fingerprint density at radius 3 is 2.07 bits per heavy atom. The summed E-state index contributed by atoms with van der Waals surface area (Å²) in [7, 11) is 0. The fourth-order valence-corrected chi connectivity index (χ4v) is 1.69. The zero-order valence-corrected chi connectivity index (χ0v) is 11.0. The van der Waals surface area contributed by atoms with Crippen LogP contribution in [0.15, 0.2) is 0 Å². The van der Waals surface area contributed by atoms with Gasteiger partial charge in [0.05, 0.1) is 13.2 Å². The Balaban J connectivity index is 4.05. The average molecular weight is 256 g/mol. The molecule has 0 spiro atoms. The summed E-state index contributed by atoms with van der Waals surface area (Å²) in [5.41, 5.74) is 0. The molecule has 5 heteroatoms. The van der Waals surface area contributed by atoms with Gasteiger partial charge >= 0.3 is 5.97 Å². The van der Waals surface area contributed by atoms with Crippen molar-refractivity contribution in [3.8, 4) is 0 Å². The van der Waals surface area contributed by atoms with Gasteiger partial charge in [-0.2, -0.15) is 0 Å². The minimum absolute atomic E-state index is 0.00477. The Hall–Kier alpha value is 0.01000. The van der Waals surface area contributed by atoms with Crippen LogP contribution in [0.3, 0.4) is 0 Å². The molecule has 3 nitrogen and oxygen atoms in total. The molecule has 0 N–H and O–H groups in total. The van der Waals surface area contributed by atoms with Crippen molar-refractivity contribution in [1.29, 1.82) is 0 Å². The fraction of sp³-hybridized carbons (Fsp3) is 0.900. The molecular formula is C10H19Cl2NO2. The summed E-state index contributed by atoms with van der Waals surface area (Å²) >= 11 is 11.8. The smallest absolute Gasteiger partial charge is 0.320 e. The molecule has 0 aromatic heterocycles. The molecular weight excluding hydrogens is 237 g/mol. The second-order valence-electron chi connectivity index (χ2n) is 3.56. The summed E-state index contributed by atoms with van der Waals surface area (Å²) in [5, 5.41) is -0.00955. The highest BCUT2D eigenvalue weighted by molar-refractivity contribution is 6.21. The van der Waals surface area contributed by atoms with Crippen molar-refractivity contribution < 1.29 is 9.53 Å². The predicted octanol–water partition coefficient (Wildman–Crippen LogP) is 2.11. The zero-order valence-electron chi connectivity index (χ0n) is 9.50. The van der Waals surface area contributed by atoms with E-state index in [4.69, 9.17) is 27.9 Å². The minimum Gasteiger partial charge on any atom is -0.465 e. The Labute approximate surface area is 102 Å². The van der Waals surface area contributed by atoms with E-state index in [1.165, 1.54) is 0 Å². The van der Waals surface area contributed by atoms with Gasteiger partial charge in [0, 0.05) is 23.8 Å². The lowest BCUT2D eigenvalue weighted by Crippen LogP contribution is -2.38. The van der Waals surface area contributed by atoms with E-state index in [1.54, 1.807) is 6.92 Å². The van der Waals surface area contributed by atoms with Gasteiger partial charge < -0.3 is 4.74 Å². The largest absolute Gasteiger partial charge is 0.465 e. The van der Waals surface area contributed by atoms with E-state index in [-0.39, 0.29) is 23.3 Å². The van der Waals surface area contributed by atoms with Gasteiger partial charge in [-0.3, -0.25) is 9.69 Å². The molecule has 0 bridgehead atoms. The Morgan fingerprint density at radius 1 is 1.27 bits per heavy atom. The third kappa shape index (κ3) is 8.97. The molecule has 0 aliphatic carbocycles. The number of halogens is 2. The van der Waals surface area contributed by atoms with Crippen LogP contribution in [0.5, 0.6) is 0 Å². The molecule has 0 aromatic rings. The minimum atomic E-state index is -0.230. The summed E-state index contributed by atoms with van der Waals surface area (Å²) in [6, 6.07) is 0. The topological polar surface area (TPSA) is 29.5 Å². The van der Waals surface area contributed by atoms with Crippen molar-refractivity contribution in [3.63, 3.8) is 0 Å². The Morgan fingerprint density at radius 2 is 1.73 bits per heavy atom. The maximum Gasteiger partial charge on any atom is 0.320 e. The molecule has 2 atom stereocenters. The van der Waals surface area contributed by atoms with E-state index < -0.39 is 0 Å². The molecule has 90 valence electrons. The first-order chi connectivity index (χ1) is 6.95. The van der Waals surface area contributed by atoms with Crippen LogP contribution < -0.4 is 0 Å². The summed E-state index contributed by atoms with van der Waals surface area (Å²) < 4.78 is 4.87. The number of nitrogens with zero attached hydrogens (tertiary/aromatic N) is 1. The summed E-state index contributed by atoms with van der Waals surface area (Å²) in [6.07, 6.45) is 0. The van der Waals surface area contributed by atoms with Crippen molar-refractivity contribution in [1.82, 2.24) is 4.90 Å². The highest BCUT2D eigenvalue weighted by Gasteiger charge is 2.15. The van der Waals surface area contributed by atoms with Gasteiger partial charge in [-0.15, -0.1) is 23.2 Å². The third-order valence-electron chi connectivity index (χ3n) is 1.68. The van der Waals surface area contributed by atoms with Gasteiger partial charge in [-0.1, -0.05) is 0 Å². The Bertz CT molecular complexity index is 176. The van der Waals surface area contributed by atoms with Crippen LogP contribution in [0.2, 0.25) is 0 Å². The number of ether oxygens (including phenoxy) is 1. The number of rotatable bonds is 7. The van der Waals surface area contributed by atoms with E-state index in [0.717, 1.165) is 0 Å². The number of esters is 1. The fourth-order valence-electron chi connectivity index (χ4n) is 1.30. The van der Waals surface area contributed by atoms with Crippen molar-refractivity contribution in [2.45, 2.75) is 31.5 Å². The van der Waals surface area contributed by atoms with Gasteiger partial charge in [0.15, 0.2) is 0 Å². The van der Waals surface area contributed by atoms with Crippen molar-refractivity contribution in [3.05, 3.63) is 0 Å². The summed E-state index contributed by atoms with van der Waals surface area (Å²) in [4.78, 5) is 13.2. The van der Waals surface area contributed by atoms with E-state index in [2.05, 4.69) is 0 Å². The Kier molecular flexibility index (Phi) is 8.20. The standard InChI is InChI=1S/C10H19Cl2NO2/c1-4-15-10(14)7-13(5-8(2)11)6-9(3)12/h8-9H,4-7H2,1-3H3. The van der Waals surface area contributed by atoms with Crippen LogP contribution in [0.1, 0.15) is 20.8 Å². The molecule has 0 aliphatic heterocycles. The molecule has 15 heavy (non-hydrogen) atoms. The van der Waals surface area contributed by atoms with Crippen LogP contribution in [0.25, 0.3) is 0 Å². The van der Waals surface area contributed by atoms with E-state index in [1.807, 2.05) is 18.7 Å². The van der Waals surface area contributed by atoms with E-state index in [9.17, 15) is 4.79 Å². The van der Waals surface area contributed by atoms with Crippen LogP contribution in [-0.2, 0) is 9.53 Å². The van der Waals surface area contributed by atoms with E-state index >= 15 is 0 Å². The first kappa shape index (κ1) is 15.0. The van der Waals surface area contributed by atoms with Gasteiger partial charge in [-0.25, -0.2) is 0 Å². The highest BCUT2D eigenvalue weighted by atomic mass is 35.5. The van der Waals surface area contributed by atoms with Crippen molar-refractivity contribution >= 4 is 29.2 Å². The molecule has 0 aromatic carbocycles. The zero-order chi connectivity index (χ0) is 11.8. The molecule has 0 fully saturated rings. The van der Waals surface area contributed by atoms with Crippen molar-refractivity contribution in [2.75, 3.05) is 26.2 Å². The molecule has 0 aliphatic rings. The lowest BCUT2D eigenvalue weighted by molar-refractivity contribution is -0.144. The quantitative estimate of drug-likeness (QED) is 0.516. The van der Waals surface area contributed by atoms with Gasteiger partial charge in [-0.05, 0) is 20.8 Å². The first-order valence-corrected chi connectivity index (χ1v) is 5.99. The van der Waals surface area contributed by atoms with Crippen molar-refractivity contribution in [2.24, 2.45) is 0 Å². The molecule has 0 saturated heterocycles. The van der Waals surface area contributed by atoms with Crippen LogP contribution in [0, 0.1) is 0 Å². The normalized spacial score (nSPS) is 15.1. The SMILES string of the molecule is CCOC(=O)CN(CC(C)Cl)CC(C)Cl. The number of hydrogen-bond acceptors (Lipinski definition) is 3. The summed E-state index contributed by atoms with van der Waals surface area (Å²) in [5.74, 6) is -0.230. The van der Waals surface area contributed by atoms with Gasteiger partial charge in [0.1, 0.15) is 0 Å². The highest BCUT2D eigenvalue weighted by Crippen LogP contribution is 2.04. The molecule has 0 radical (unpaired) electrons. The average Bonchev–Trinajstić information content (AvgIpc) is 2.00. The number of carbonyl (C=O) groups excluding carboxylic acids is 1. The molecule has 0 saturated carbocycles. The number of hydrogen-bond donors (Lipinski definition) is 0.